The quantitative estimate of drug-likeness (QED) is 0.833. The predicted octanol–water partition coefficient (Wildman–Crippen LogP) is 2.89. The van der Waals surface area contributed by atoms with Crippen molar-refractivity contribution in [3.8, 4) is 0 Å². The second kappa shape index (κ2) is 2.83. The largest absolute Gasteiger partial charge is 0.481 e. The van der Waals surface area contributed by atoms with Crippen molar-refractivity contribution in [2.75, 3.05) is 0 Å². The van der Waals surface area contributed by atoms with E-state index in [4.69, 9.17) is 5.11 Å². The molecule has 0 bridgehead atoms. The van der Waals surface area contributed by atoms with Crippen LogP contribution >= 0.6 is 11.3 Å². The van der Waals surface area contributed by atoms with E-state index in [1.54, 1.807) is 11.3 Å². The first-order valence-corrected chi connectivity index (χ1v) is 5.62. The average Bonchev–Trinajstić information content (AvgIpc) is 2.53. The summed E-state index contributed by atoms with van der Waals surface area (Å²) in [5.74, 6) is -0.691. The van der Waals surface area contributed by atoms with Crippen molar-refractivity contribution in [1.29, 1.82) is 0 Å². The Morgan fingerprint density at radius 1 is 1.64 bits per heavy atom. The number of carbonyl (C=O) groups is 1. The highest BCUT2D eigenvalue weighted by Crippen LogP contribution is 2.67. The zero-order chi connectivity index (χ0) is 10.4. The lowest BCUT2D eigenvalue weighted by Gasteiger charge is -2.16. The summed E-state index contributed by atoms with van der Waals surface area (Å²) in [4.78, 5) is 12.1. The van der Waals surface area contributed by atoms with Gasteiger partial charge in [0.2, 0.25) is 0 Å². The summed E-state index contributed by atoms with van der Waals surface area (Å²) < 4.78 is 0. The van der Waals surface area contributed by atoms with Crippen LogP contribution in [0.3, 0.4) is 0 Å². The van der Waals surface area contributed by atoms with Gasteiger partial charge in [-0.25, -0.2) is 0 Å². The van der Waals surface area contributed by atoms with E-state index in [0.29, 0.717) is 0 Å². The first-order valence-electron chi connectivity index (χ1n) is 4.74. The Kier molecular flexibility index (Phi) is 1.96. The number of carboxylic acids is 1. The molecule has 1 aliphatic rings. The molecule has 2 nitrogen and oxygen atoms in total. The van der Waals surface area contributed by atoms with Crippen molar-refractivity contribution in [3.05, 3.63) is 22.4 Å². The lowest BCUT2D eigenvalue weighted by Crippen LogP contribution is -2.17. The lowest BCUT2D eigenvalue weighted by molar-refractivity contribution is -0.137. The minimum atomic E-state index is -0.691. The fraction of sp³-hybridized carbons (Fsp3) is 0.545. The van der Waals surface area contributed by atoms with Crippen LogP contribution in [0.4, 0.5) is 0 Å². The maximum absolute atomic E-state index is 10.8. The molecular formula is C11H14O2S. The zero-order valence-electron chi connectivity index (χ0n) is 8.41. The van der Waals surface area contributed by atoms with Crippen molar-refractivity contribution >= 4 is 17.3 Å². The second-order valence-electron chi connectivity index (χ2n) is 4.69. The predicted molar refractivity (Wildman–Crippen MR) is 56.6 cm³/mol. The molecule has 0 amide bonds. The van der Waals surface area contributed by atoms with Gasteiger partial charge in [0.05, 0.1) is 6.42 Å². The molecule has 0 aliphatic heterocycles. The van der Waals surface area contributed by atoms with Gasteiger partial charge in [-0.3, -0.25) is 4.79 Å². The topological polar surface area (TPSA) is 37.3 Å². The Morgan fingerprint density at radius 2 is 2.29 bits per heavy atom. The number of rotatable bonds is 3. The smallest absolute Gasteiger partial charge is 0.304 e. The third-order valence-electron chi connectivity index (χ3n) is 3.36. The van der Waals surface area contributed by atoms with Crippen LogP contribution in [0, 0.1) is 5.41 Å². The van der Waals surface area contributed by atoms with Gasteiger partial charge in [-0.05, 0) is 23.3 Å². The van der Waals surface area contributed by atoms with E-state index >= 15 is 0 Å². The maximum Gasteiger partial charge on any atom is 0.304 e. The van der Waals surface area contributed by atoms with Crippen LogP contribution in [0.15, 0.2) is 17.5 Å². The lowest BCUT2D eigenvalue weighted by atomic mass is 9.91. The molecule has 1 heterocycles. The summed E-state index contributed by atoms with van der Waals surface area (Å²) in [5.41, 5.74) is 0.0588. The number of aliphatic carboxylic acids is 1. The van der Waals surface area contributed by atoms with Gasteiger partial charge in [0.25, 0.3) is 0 Å². The van der Waals surface area contributed by atoms with Crippen LogP contribution in [0.2, 0.25) is 0 Å². The molecule has 1 fully saturated rings. The molecule has 1 aromatic rings. The molecule has 0 aromatic carbocycles. The van der Waals surface area contributed by atoms with E-state index in [2.05, 4.69) is 19.9 Å². The standard InChI is InChI=1S/C11H14O2S/c1-10(2)7-11(10,6-9(12)13)8-4-3-5-14-8/h3-5H,6-7H2,1-2H3,(H,12,13). The Morgan fingerprint density at radius 3 is 2.64 bits per heavy atom. The summed E-state index contributed by atoms with van der Waals surface area (Å²) >= 11 is 1.67. The molecule has 76 valence electrons. The number of carboxylic acid groups (broad SMARTS) is 1. The molecule has 1 aliphatic carbocycles. The molecule has 1 unspecified atom stereocenters. The monoisotopic (exact) mass is 210 g/mol. The van der Waals surface area contributed by atoms with Crippen LogP contribution < -0.4 is 0 Å². The summed E-state index contributed by atoms with van der Waals surface area (Å²) in [6.07, 6.45) is 1.26. The van der Waals surface area contributed by atoms with Crippen LogP contribution in [0.1, 0.15) is 31.6 Å². The summed E-state index contributed by atoms with van der Waals surface area (Å²) in [5, 5.41) is 10.9. The van der Waals surface area contributed by atoms with E-state index < -0.39 is 5.97 Å². The molecule has 0 saturated heterocycles. The Labute approximate surface area is 87.6 Å². The van der Waals surface area contributed by atoms with Crippen molar-refractivity contribution in [2.24, 2.45) is 5.41 Å². The van der Waals surface area contributed by atoms with Crippen LogP contribution in [-0.2, 0) is 10.2 Å². The van der Waals surface area contributed by atoms with Gasteiger partial charge in [-0.15, -0.1) is 11.3 Å². The van der Waals surface area contributed by atoms with Gasteiger partial charge in [-0.2, -0.15) is 0 Å². The van der Waals surface area contributed by atoms with E-state index in [0.717, 1.165) is 6.42 Å². The van der Waals surface area contributed by atoms with Gasteiger partial charge >= 0.3 is 5.97 Å². The van der Waals surface area contributed by atoms with E-state index in [1.165, 1.54) is 4.88 Å². The van der Waals surface area contributed by atoms with Gasteiger partial charge in [-0.1, -0.05) is 19.9 Å². The minimum absolute atomic E-state index is 0.0903. The molecule has 2 rings (SSSR count). The van der Waals surface area contributed by atoms with Crippen molar-refractivity contribution in [3.63, 3.8) is 0 Å². The van der Waals surface area contributed by atoms with Gasteiger partial charge in [0.15, 0.2) is 0 Å². The summed E-state index contributed by atoms with van der Waals surface area (Å²) in [7, 11) is 0. The van der Waals surface area contributed by atoms with Crippen LogP contribution in [-0.4, -0.2) is 11.1 Å². The van der Waals surface area contributed by atoms with E-state index in [9.17, 15) is 4.79 Å². The SMILES string of the molecule is CC1(C)CC1(CC(=O)O)c1cccs1. The number of thiophene rings is 1. The van der Waals surface area contributed by atoms with Crippen molar-refractivity contribution in [1.82, 2.24) is 0 Å². The molecular weight excluding hydrogens is 196 g/mol. The molecule has 3 heteroatoms. The second-order valence-corrected chi connectivity index (χ2v) is 5.64. The molecule has 1 aromatic heterocycles. The first kappa shape index (κ1) is 9.71. The van der Waals surface area contributed by atoms with Crippen LogP contribution in [0.5, 0.6) is 0 Å². The maximum atomic E-state index is 10.8. The first-order chi connectivity index (χ1) is 6.48. The van der Waals surface area contributed by atoms with E-state index in [1.807, 2.05) is 11.4 Å². The number of hydrogen-bond acceptors (Lipinski definition) is 2. The highest BCUT2D eigenvalue weighted by Gasteiger charge is 2.63. The normalized spacial score (nSPS) is 28.7. The Bertz CT molecular complexity index is 353. The molecule has 1 atom stereocenters. The van der Waals surface area contributed by atoms with Crippen molar-refractivity contribution in [2.45, 2.75) is 32.1 Å². The Hall–Kier alpha value is -0.830. The number of hydrogen-bond donors (Lipinski definition) is 1. The van der Waals surface area contributed by atoms with Crippen molar-refractivity contribution < 1.29 is 9.90 Å². The Balaban J connectivity index is 2.31. The van der Waals surface area contributed by atoms with Gasteiger partial charge in [0.1, 0.15) is 0 Å². The van der Waals surface area contributed by atoms with E-state index in [-0.39, 0.29) is 17.3 Å². The molecule has 1 saturated carbocycles. The third-order valence-corrected chi connectivity index (χ3v) is 4.43. The summed E-state index contributed by atoms with van der Waals surface area (Å²) in [6.45, 7) is 4.30. The van der Waals surface area contributed by atoms with Gasteiger partial charge < -0.3 is 5.11 Å². The highest BCUT2D eigenvalue weighted by atomic mass is 32.1. The fourth-order valence-corrected chi connectivity index (χ4v) is 3.44. The zero-order valence-corrected chi connectivity index (χ0v) is 9.23. The van der Waals surface area contributed by atoms with Crippen LogP contribution in [0.25, 0.3) is 0 Å². The van der Waals surface area contributed by atoms with Gasteiger partial charge in [0, 0.05) is 10.3 Å². The molecule has 14 heavy (non-hydrogen) atoms. The summed E-state index contributed by atoms with van der Waals surface area (Å²) in [6, 6.07) is 4.06. The third kappa shape index (κ3) is 1.27. The highest BCUT2D eigenvalue weighted by molar-refractivity contribution is 7.10. The average molecular weight is 210 g/mol. The molecule has 0 spiro atoms. The molecule has 1 N–H and O–H groups in total. The minimum Gasteiger partial charge on any atom is -0.481 e. The molecule has 0 radical (unpaired) electrons. The fourth-order valence-electron chi connectivity index (χ4n) is 2.33.